The van der Waals surface area contributed by atoms with E-state index in [9.17, 15) is 0 Å². The molecule has 2 aromatic heterocycles. The molecule has 0 aliphatic heterocycles. The molecule has 0 spiro atoms. The highest BCUT2D eigenvalue weighted by atomic mass is 35.5. The fraction of sp³-hybridized carbons (Fsp3) is 0.476. The molecule has 7 nitrogen and oxygen atoms in total. The van der Waals surface area contributed by atoms with Crippen molar-refractivity contribution in [2.75, 3.05) is 10.6 Å². The summed E-state index contributed by atoms with van der Waals surface area (Å²) in [5.41, 5.74) is 8.68. The molecule has 0 saturated heterocycles. The van der Waals surface area contributed by atoms with Crippen molar-refractivity contribution in [2.24, 2.45) is 5.73 Å². The van der Waals surface area contributed by atoms with Gasteiger partial charge in [0.2, 0.25) is 5.95 Å². The Balaban J connectivity index is 0.00000160. The molecule has 1 saturated carbocycles. The number of fused-ring (bicyclic) bond motifs is 1. The van der Waals surface area contributed by atoms with Gasteiger partial charge in [-0.1, -0.05) is 25.1 Å². The smallest absolute Gasteiger partial charge is 0.227 e. The average Bonchev–Trinajstić information content (AvgIpc) is 3.14. The lowest BCUT2D eigenvalue weighted by atomic mass is 9.92. The lowest BCUT2D eigenvalue weighted by Crippen LogP contribution is -2.33. The van der Waals surface area contributed by atoms with Crippen LogP contribution < -0.4 is 16.4 Å². The number of anilines is 3. The first kappa shape index (κ1) is 24.2. The predicted octanol–water partition coefficient (Wildman–Crippen LogP) is 5.07. The van der Waals surface area contributed by atoms with Gasteiger partial charge in [0.05, 0.1) is 6.33 Å². The third kappa shape index (κ3) is 5.33. The number of nitrogens with zero attached hydrogens (tertiary/aromatic N) is 4. The van der Waals surface area contributed by atoms with Gasteiger partial charge in [0.1, 0.15) is 0 Å². The zero-order chi connectivity index (χ0) is 19.5. The summed E-state index contributed by atoms with van der Waals surface area (Å²) >= 11 is 0. The summed E-state index contributed by atoms with van der Waals surface area (Å²) < 4.78 is 2.13. The van der Waals surface area contributed by atoms with Crippen molar-refractivity contribution in [1.82, 2.24) is 19.5 Å². The first-order valence-electron chi connectivity index (χ1n) is 10.2. The van der Waals surface area contributed by atoms with E-state index in [0.29, 0.717) is 24.1 Å². The maximum Gasteiger partial charge on any atom is 0.227 e. The molecule has 0 radical (unpaired) electrons. The molecule has 1 fully saturated rings. The first-order chi connectivity index (χ1) is 13.6. The number of hydrogen-bond acceptors (Lipinski definition) is 6. The van der Waals surface area contributed by atoms with E-state index in [4.69, 9.17) is 15.7 Å². The highest BCUT2D eigenvalue weighted by Gasteiger charge is 2.21. The van der Waals surface area contributed by atoms with Gasteiger partial charge in [0.15, 0.2) is 17.0 Å². The summed E-state index contributed by atoms with van der Waals surface area (Å²) in [5, 5.41) is 6.95. The highest BCUT2D eigenvalue weighted by Crippen LogP contribution is 2.28. The molecule has 9 heteroatoms. The van der Waals surface area contributed by atoms with Crippen LogP contribution in [0.2, 0.25) is 0 Å². The molecule has 1 aliphatic carbocycles. The zero-order valence-corrected chi connectivity index (χ0v) is 19.0. The number of imidazole rings is 1. The maximum absolute atomic E-state index is 6.05. The van der Waals surface area contributed by atoms with Crippen LogP contribution in [0.1, 0.15) is 52.0 Å². The number of nitrogens with one attached hydrogen (secondary N) is 2. The quantitative estimate of drug-likeness (QED) is 0.484. The van der Waals surface area contributed by atoms with Gasteiger partial charge < -0.3 is 20.9 Å². The molecule has 1 aliphatic rings. The molecular weight excluding hydrogens is 421 g/mol. The molecule has 4 rings (SSSR count). The Hall–Kier alpha value is -2.09. The van der Waals surface area contributed by atoms with E-state index in [1.54, 1.807) is 0 Å². The monoisotopic (exact) mass is 451 g/mol. The van der Waals surface area contributed by atoms with Crippen molar-refractivity contribution in [1.29, 1.82) is 0 Å². The van der Waals surface area contributed by atoms with Crippen LogP contribution in [0.15, 0.2) is 36.7 Å². The van der Waals surface area contributed by atoms with Gasteiger partial charge in [-0.3, -0.25) is 0 Å². The number of nitrogens with two attached hydrogens (primary N) is 1. The van der Waals surface area contributed by atoms with Crippen LogP contribution in [0.5, 0.6) is 0 Å². The van der Waals surface area contributed by atoms with Gasteiger partial charge in [-0.15, -0.1) is 24.8 Å². The zero-order valence-electron chi connectivity index (χ0n) is 17.4. The lowest BCUT2D eigenvalue weighted by Gasteiger charge is -2.27. The lowest BCUT2D eigenvalue weighted by molar-refractivity contribution is 0.410. The minimum Gasteiger partial charge on any atom is -0.351 e. The molecule has 164 valence electrons. The molecule has 0 bridgehead atoms. The molecular formula is C21H31Cl2N7. The van der Waals surface area contributed by atoms with E-state index in [1.807, 2.05) is 36.7 Å². The fourth-order valence-corrected chi connectivity index (χ4v) is 3.69. The van der Waals surface area contributed by atoms with Crippen molar-refractivity contribution < 1.29 is 0 Å². The second-order valence-electron chi connectivity index (χ2n) is 7.72. The Kier molecular flexibility index (Phi) is 8.70. The van der Waals surface area contributed by atoms with Crippen LogP contribution in [0.4, 0.5) is 17.5 Å². The topological polar surface area (TPSA) is 93.7 Å². The summed E-state index contributed by atoms with van der Waals surface area (Å²) in [6.07, 6.45) is 7.07. The molecule has 4 N–H and O–H groups in total. The van der Waals surface area contributed by atoms with Crippen LogP contribution in [0.3, 0.4) is 0 Å². The van der Waals surface area contributed by atoms with Gasteiger partial charge in [-0.2, -0.15) is 9.97 Å². The van der Waals surface area contributed by atoms with Crippen molar-refractivity contribution in [3.05, 3.63) is 36.7 Å². The molecule has 30 heavy (non-hydrogen) atoms. The van der Waals surface area contributed by atoms with Gasteiger partial charge in [-0.05, 0) is 51.2 Å². The number of aromatic nitrogens is 4. The number of rotatable bonds is 6. The van der Waals surface area contributed by atoms with E-state index < -0.39 is 0 Å². The third-order valence-corrected chi connectivity index (χ3v) is 5.63. The first-order valence-corrected chi connectivity index (χ1v) is 10.2. The molecule has 1 aromatic carbocycles. The normalized spacial score (nSPS) is 19.4. The fourth-order valence-electron chi connectivity index (χ4n) is 3.69. The Morgan fingerprint density at radius 1 is 1.10 bits per heavy atom. The molecule has 1 atom stereocenters. The number of halogens is 2. The molecule has 3 aromatic rings. The van der Waals surface area contributed by atoms with Crippen LogP contribution in [-0.4, -0.2) is 31.6 Å². The summed E-state index contributed by atoms with van der Waals surface area (Å²) in [5.74, 6) is 1.38. The SMILES string of the molecule is CCC(C)n1cnc2c(Nc3ccccc3)nc(NC3CCC(N)CC3)nc21.Cl.Cl. The van der Waals surface area contributed by atoms with Gasteiger partial charge in [0.25, 0.3) is 0 Å². The second-order valence-corrected chi connectivity index (χ2v) is 7.72. The Labute approximate surface area is 190 Å². The third-order valence-electron chi connectivity index (χ3n) is 5.63. The van der Waals surface area contributed by atoms with E-state index in [2.05, 4.69) is 34.0 Å². The molecule has 1 unspecified atom stereocenters. The minimum absolute atomic E-state index is 0. The van der Waals surface area contributed by atoms with Gasteiger partial charge in [-0.25, -0.2) is 4.98 Å². The van der Waals surface area contributed by atoms with Crippen molar-refractivity contribution >= 4 is 53.4 Å². The standard InChI is InChI=1S/C21H29N7.2ClH/c1-3-14(2)28-13-23-18-19(24-16-7-5-4-6-8-16)26-21(27-20(18)28)25-17-11-9-15(22)10-12-17;;/h4-8,13-15,17H,3,9-12,22H2,1-2H3,(H2,24,25,26,27);2*1H. The predicted molar refractivity (Wildman–Crippen MR) is 128 cm³/mol. The van der Waals surface area contributed by atoms with Crippen LogP contribution in [-0.2, 0) is 0 Å². The Morgan fingerprint density at radius 3 is 2.47 bits per heavy atom. The second kappa shape index (κ2) is 10.8. The summed E-state index contributed by atoms with van der Waals surface area (Å²) in [6.45, 7) is 4.36. The Morgan fingerprint density at radius 2 is 1.80 bits per heavy atom. The number of hydrogen-bond donors (Lipinski definition) is 3. The van der Waals surface area contributed by atoms with Crippen molar-refractivity contribution in [2.45, 2.75) is 64.1 Å². The van der Waals surface area contributed by atoms with E-state index in [1.165, 1.54) is 0 Å². The van der Waals surface area contributed by atoms with Crippen molar-refractivity contribution in [3.8, 4) is 0 Å². The van der Waals surface area contributed by atoms with E-state index in [0.717, 1.165) is 54.8 Å². The van der Waals surface area contributed by atoms with Gasteiger partial charge in [0, 0.05) is 23.8 Å². The average molecular weight is 452 g/mol. The maximum atomic E-state index is 6.05. The highest BCUT2D eigenvalue weighted by molar-refractivity contribution is 5.86. The summed E-state index contributed by atoms with van der Waals surface area (Å²) in [4.78, 5) is 14.2. The minimum atomic E-state index is 0. The largest absolute Gasteiger partial charge is 0.351 e. The summed E-state index contributed by atoms with van der Waals surface area (Å²) in [7, 11) is 0. The number of benzene rings is 1. The van der Waals surface area contributed by atoms with Crippen LogP contribution in [0.25, 0.3) is 11.2 Å². The van der Waals surface area contributed by atoms with Crippen molar-refractivity contribution in [3.63, 3.8) is 0 Å². The molecule has 2 heterocycles. The van der Waals surface area contributed by atoms with Gasteiger partial charge >= 0.3 is 0 Å². The number of para-hydroxylation sites is 1. The van der Waals surface area contributed by atoms with Crippen LogP contribution >= 0.6 is 24.8 Å². The van der Waals surface area contributed by atoms with E-state index in [-0.39, 0.29) is 24.8 Å². The molecule has 0 amide bonds. The van der Waals surface area contributed by atoms with Crippen LogP contribution in [0, 0.1) is 0 Å². The summed E-state index contributed by atoms with van der Waals surface area (Å²) in [6, 6.07) is 11.1. The van der Waals surface area contributed by atoms with E-state index >= 15 is 0 Å². The Bertz CT molecular complexity index is 924.